The molecule has 0 aliphatic rings. The molecule has 0 spiro atoms. The number of hydrogen-bond donors (Lipinski definition) is 0. The van der Waals surface area contributed by atoms with Crippen LogP contribution in [0.3, 0.4) is 0 Å². The molecule has 0 aliphatic carbocycles. The molecule has 2 aromatic rings. The molecule has 0 heterocycles. The van der Waals surface area contributed by atoms with Crippen LogP contribution in [0.25, 0.3) is 5.32 Å². The van der Waals surface area contributed by atoms with E-state index in [9.17, 15) is 0 Å². The Labute approximate surface area is 133 Å². The molecular weight excluding hydrogens is 241 g/mol. The molecule has 3 nitrogen and oxygen atoms in total. The molecule has 0 radical (unpaired) electrons. The molecule has 0 amide bonds. The number of benzene rings is 2. The monoisotopic (exact) mass is 261 g/mol. The van der Waals surface area contributed by atoms with Crippen molar-refractivity contribution in [3.05, 3.63) is 53.8 Å². The van der Waals surface area contributed by atoms with E-state index in [4.69, 9.17) is 5.32 Å². The molecule has 20 heavy (non-hydrogen) atoms. The number of rotatable bonds is 4. The first-order valence-corrected chi connectivity index (χ1v) is 6.34. The Morgan fingerprint density at radius 1 is 0.650 bits per heavy atom. The van der Waals surface area contributed by atoms with Crippen molar-refractivity contribution in [2.45, 2.75) is 0 Å². The van der Waals surface area contributed by atoms with Gasteiger partial charge < -0.3 is 15.1 Å². The normalized spacial score (nSPS) is 9.60. The van der Waals surface area contributed by atoms with Gasteiger partial charge in [0.15, 0.2) is 0 Å². The Morgan fingerprint density at radius 3 is 1.35 bits per heavy atom. The summed E-state index contributed by atoms with van der Waals surface area (Å²) >= 11 is 0. The van der Waals surface area contributed by atoms with Crippen LogP contribution in [0.2, 0.25) is 0 Å². The smallest absolute Gasteiger partial charge is 0.655 e. The maximum atomic E-state index is 4.80. The van der Waals surface area contributed by atoms with Gasteiger partial charge in [-0.1, -0.05) is 36.4 Å². The zero-order valence-corrected chi connectivity index (χ0v) is 13.0. The number of nitrogens with zero attached hydrogens (tertiary/aromatic N) is 3. The Hall–Kier alpha value is -1.56. The van der Waals surface area contributed by atoms with E-state index in [1.165, 1.54) is 0 Å². The van der Waals surface area contributed by atoms with Gasteiger partial charge in [0.2, 0.25) is 0 Å². The maximum Gasteiger partial charge on any atom is 1.00 e. The molecular formula is C16H20LiN3. The first kappa shape index (κ1) is 16.5. The SMILES string of the molecule is CN(C)c1ccccc1[N-]c1ccccc1N(C)C.[Li+]. The zero-order valence-electron chi connectivity index (χ0n) is 13.0. The fourth-order valence-electron chi connectivity index (χ4n) is 2.00. The van der Waals surface area contributed by atoms with E-state index < -0.39 is 0 Å². The summed E-state index contributed by atoms with van der Waals surface area (Å²) in [4.78, 5) is 4.16. The van der Waals surface area contributed by atoms with Crippen molar-refractivity contribution in [3.63, 3.8) is 0 Å². The van der Waals surface area contributed by atoms with Gasteiger partial charge in [0.05, 0.1) is 0 Å². The summed E-state index contributed by atoms with van der Waals surface area (Å²) in [6.45, 7) is 0. The second-order valence-corrected chi connectivity index (χ2v) is 4.88. The average Bonchev–Trinajstić information content (AvgIpc) is 2.39. The standard InChI is InChI=1S/C16H20N3.Li/c1-18(2)15-11-7-5-9-13(15)17-14-10-6-8-12-16(14)19(3)4;/h5-12H,1-4H3;/q-1;+1. The molecule has 0 saturated heterocycles. The summed E-state index contributed by atoms with van der Waals surface area (Å²) in [6.07, 6.45) is 0. The summed E-state index contributed by atoms with van der Waals surface area (Å²) in [5, 5.41) is 4.80. The van der Waals surface area contributed by atoms with Crippen molar-refractivity contribution in [1.82, 2.24) is 0 Å². The van der Waals surface area contributed by atoms with E-state index in [1.807, 2.05) is 64.6 Å². The van der Waals surface area contributed by atoms with Crippen LogP contribution in [0.5, 0.6) is 0 Å². The van der Waals surface area contributed by atoms with E-state index in [-0.39, 0.29) is 18.9 Å². The fourth-order valence-corrected chi connectivity index (χ4v) is 2.00. The van der Waals surface area contributed by atoms with Gasteiger partial charge in [-0.05, 0) is 12.1 Å². The number of hydrogen-bond acceptors (Lipinski definition) is 2. The summed E-state index contributed by atoms with van der Waals surface area (Å²) in [5.74, 6) is 0. The van der Waals surface area contributed by atoms with Crippen LogP contribution in [0.15, 0.2) is 48.5 Å². The third kappa shape index (κ3) is 3.72. The van der Waals surface area contributed by atoms with Crippen molar-refractivity contribution in [2.75, 3.05) is 38.0 Å². The van der Waals surface area contributed by atoms with Gasteiger partial charge >= 0.3 is 18.9 Å². The van der Waals surface area contributed by atoms with Gasteiger partial charge in [0.25, 0.3) is 0 Å². The van der Waals surface area contributed by atoms with Crippen LogP contribution in [0, 0.1) is 0 Å². The van der Waals surface area contributed by atoms with Crippen LogP contribution in [-0.2, 0) is 0 Å². The summed E-state index contributed by atoms with van der Waals surface area (Å²) in [6, 6.07) is 16.4. The van der Waals surface area contributed by atoms with Crippen molar-refractivity contribution in [3.8, 4) is 0 Å². The molecule has 0 unspecified atom stereocenters. The molecule has 0 aliphatic heterocycles. The molecule has 0 fully saturated rings. The van der Waals surface area contributed by atoms with Crippen molar-refractivity contribution < 1.29 is 18.9 Å². The minimum absolute atomic E-state index is 0. The third-order valence-corrected chi connectivity index (χ3v) is 2.97. The number of anilines is 2. The predicted octanol–water partition coefficient (Wildman–Crippen LogP) is 1.16. The predicted molar refractivity (Wildman–Crippen MR) is 84.2 cm³/mol. The first-order valence-electron chi connectivity index (χ1n) is 6.34. The maximum absolute atomic E-state index is 4.80. The van der Waals surface area contributed by atoms with Crippen molar-refractivity contribution in [1.29, 1.82) is 0 Å². The molecule has 2 rings (SSSR count). The number of para-hydroxylation sites is 4. The van der Waals surface area contributed by atoms with Gasteiger partial charge in [0.1, 0.15) is 0 Å². The third-order valence-electron chi connectivity index (χ3n) is 2.97. The summed E-state index contributed by atoms with van der Waals surface area (Å²) in [5.41, 5.74) is 4.22. The van der Waals surface area contributed by atoms with Crippen molar-refractivity contribution in [2.24, 2.45) is 0 Å². The van der Waals surface area contributed by atoms with Crippen LogP contribution >= 0.6 is 0 Å². The second-order valence-electron chi connectivity index (χ2n) is 4.88. The van der Waals surface area contributed by atoms with Gasteiger partial charge in [-0.2, -0.15) is 0 Å². The van der Waals surface area contributed by atoms with Crippen LogP contribution < -0.4 is 28.7 Å². The summed E-state index contributed by atoms with van der Waals surface area (Å²) < 4.78 is 0. The molecule has 0 N–H and O–H groups in total. The molecule has 2 aromatic carbocycles. The fraction of sp³-hybridized carbons (Fsp3) is 0.250. The minimum Gasteiger partial charge on any atom is -0.655 e. The Morgan fingerprint density at radius 2 is 1.00 bits per heavy atom. The Balaban J connectivity index is 0.00000200. The Kier molecular flexibility index (Phi) is 6.00. The van der Waals surface area contributed by atoms with Gasteiger partial charge in [0, 0.05) is 39.6 Å². The molecule has 4 heteroatoms. The molecule has 0 bridgehead atoms. The Bertz CT molecular complexity index is 503. The van der Waals surface area contributed by atoms with Gasteiger partial charge in [-0.3, -0.25) is 0 Å². The van der Waals surface area contributed by atoms with Crippen molar-refractivity contribution >= 4 is 22.7 Å². The van der Waals surface area contributed by atoms with E-state index in [1.54, 1.807) is 0 Å². The largest absolute Gasteiger partial charge is 1.00 e. The average molecular weight is 261 g/mol. The zero-order chi connectivity index (χ0) is 13.8. The van der Waals surface area contributed by atoms with Crippen LogP contribution in [-0.4, -0.2) is 28.2 Å². The van der Waals surface area contributed by atoms with E-state index >= 15 is 0 Å². The molecule has 0 atom stereocenters. The molecule has 0 saturated carbocycles. The first-order chi connectivity index (χ1) is 9.09. The van der Waals surface area contributed by atoms with Gasteiger partial charge in [-0.25, -0.2) is 0 Å². The quantitative estimate of drug-likeness (QED) is 0.770. The van der Waals surface area contributed by atoms with Crippen LogP contribution in [0.4, 0.5) is 22.7 Å². The van der Waals surface area contributed by atoms with E-state index in [2.05, 4.69) is 21.9 Å². The minimum atomic E-state index is 0. The molecule has 0 aromatic heterocycles. The topological polar surface area (TPSA) is 20.6 Å². The van der Waals surface area contributed by atoms with Gasteiger partial charge in [-0.15, -0.1) is 11.4 Å². The van der Waals surface area contributed by atoms with E-state index in [0.717, 1.165) is 22.7 Å². The molecule has 100 valence electrons. The van der Waals surface area contributed by atoms with E-state index in [0.29, 0.717) is 0 Å². The summed E-state index contributed by atoms with van der Waals surface area (Å²) in [7, 11) is 8.14. The van der Waals surface area contributed by atoms with Crippen LogP contribution in [0.1, 0.15) is 0 Å². The second kappa shape index (κ2) is 7.28.